The lowest BCUT2D eigenvalue weighted by atomic mass is 10.4. The maximum atomic E-state index is 12.1. The number of amides is 1. The molecule has 0 radical (unpaired) electrons. The van der Waals surface area contributed by atoms with Gasteiger partial charge in [0.2, 0.25) is 10.1 Å². The number of aromatic nitrogens is 2. The van der Waals surface area contributed by atoms with Crippen LogP contribution in [-0.2, 0) is 4.74 Å². The molecule has 1 aromatic rings. The molecule has 108 valence electrons. The summed E-state index contributed by atoms with van der Waals surface area (Å²) in [4.78, 5) is 13.7. The van der Waals surface area contributed by atoms with Crippen molar-refractivity contribution >= 4 is 22.4 Å². The van der Waals surface area contributed by atoms with Gasteiger partial charge in [0.1, 0.15) is 0 Å². The number of hydrogen-bond acceptors (Lipinski definition) is 6. The third kappa shape index (κ3) is 5.52. The van der Waals surface area contributed by atoms with Crippen molar-refractivity contribution in [2.75, 3.05) is 32.1 Å². The summed E-state index contributed by atoms with van der Waals surface area (Å²) in [6, 6.07) is 0. The molecule has 0 aromatic carbocycles. The average Bonchev–Trinajstić information content (AvgIpc) is 2.83. The predicted octanol–water partition coefficient (Wildman–Crippen LogP) is 1.86. The van der Waals surface area contributed by atoms with Crippen molar-refractivity contribution in [2.24, 2.45) is 0 Å². The zero-order valence-electron chi connectivity index (χ0n) is 12.0. The fourth-order valence-corrected chi connectivity index (χ4v) is 2.07. The molecule has 1 rings (SSSR count). The van der Waals surface area contributed by atoms with Crippen LogP contribution in [-0.4, -0.2) is 53.9 Å². The summed E-state index contributed by atoms with van der Waals surface area (Å²) in [5, 5.41) is 12.1. The minimum absolute atomic E-state index is 0.116. The van der Waals surface area contributed by atoms with E-state index < -0.39 is 0 Å². The highest BCUT2D eigenvalue weighted by molar-refractivity contribution is 7.17. The first kappa shape index (κ1) is 15.8. The van der Waals surface area contributed by atoms with Gasteiger partial charge in [-0.05, 0) is 20.3 Å². The largest absolute Gasteiger partial charge is 0.377 e. The number of carbonyl (C=O) groups is 1. The molecule has 6 nitrogen and oxygen atoms in total. The number of carbonyl (C=O) groups excluding carboxylic acids is 1. The molecule has 1 N–H and O–H groups in total. The van der Waals surface area contributed by atoms with Gasteiger partial charge in [0.25, 0.3) is 5.91 Å². The van der Waals surface area contributed by atoms with Crippen molar-refractivity contribution in [3.8, 4) is 0 Å². The third-order valence-corrected chi connectivity index (χ3v) is 3.23. The Bertz CT molecular complexity index is 395. The molecule has 0 aliphatic carbocycles. The lowest BCUT2D eigenvalue weighted by molar-refractivity contribution is 0.0531. The molecule has 0 fully saturated rings. The summed E-state index contributed by atoms with van der Waals surface area (Å²) in [5.74, 6) is -0.116. The smallest absolute Gasteiger partial charge is 0.284 e. The molecular formula is C12H22N4O2S. The second-order valence-corrected chi connectivity index (χ2v) is 5.46. The van der Waals surface area contributed by atoms with Crippen LogP contribution < -0.4 is 5.32 Å². The first-order valence-corrected chi connectivity index (χ1v) is 7.30. The van der Waals surface area contributed by atoms with E-state index in [0.29, 0.717) is 23.3 Å². The van der Waals surface area contributed by atoms with E-state index in [9.17, 15) is 4.79 Å². The lowest BCUT2D eigenvalue weighted by Crippen LogP contribution is -2.30. The molecule has 0 aliphatic heterocycles. The number of hydrogen-bond donors (Lipinski definition) is 1. The summed E-state index contributed by atoms with van der Waals surface area (Å²) in [7, 11) is 1.74. The highest BCUT2D eigenvalue weighted by Crippen LogP contribution is 2.16. The molecule has 1 amide bonds. The molecule has 0 atom stereocenters. The minimum atomic E-state index is -0.116. The highest BCUT2D eigenvalue weighted by Gasteiger charge is 2.17. The number of nitrogens with one attached hydrogen (secondary N) is 1. The van der Waals surface area contributed by atoms with Crippen LogP contribution in [0.5, 0.6) is 0 Å². The maximum Gasteiger partial charge on any atom is 0.284 e. The van der Waals surface area contributed by atoms with Gasteiger partial charge >= 0.3 is 0 Å². The topological polar surface area (TPSA) is 67.4 Å². The van der Waals surface area contributed by atoms with E-state index in [1.165, 1.54) is 11.3 Å². The van der Waals surface area contributed by atoms with E-state index in [4.69, 9.17) is 4.74 Å². The molecule has 1 heterocycles. The Labute approximate surface area is 118 Å². The van der Waals surface area contributed by atoms with E-state index in [2.05, 4.69) is 22.4 Å². The summed E-state index contributed by atoms with van der Waals surface area (Å²) in [5.41, 5.74) is 0. The quantitative estimate of drug-likeness (QED) is 0.790. The molecule has 0 spiro atoms. The number of ether oxygens (including phenoxy) is 1. The van der Waals surface area contributed by atoms with E-state index in [1.54, 1.807) is 11.9 Å². The number of likely N-dealkylation sites (N-methyl/N-ethyl adjacent to an activating group) is 1. The summed E-state index contributed by atoms with van der Waals surface area (Å²) in [6.07, 6.45) is 1.19. The predicted molar refractivity (Wildman–Crippen MR) is 76.7 cm³/mol. The van der Waals surface area contributed by atoms with Gasteiger partial charge in [-0.3, -0.25) is 4.79 Å². The van der Waals surface area contributed by atoms with Gasteiger partial charge in [-0.2, -0.15) is 0 Å². The van der Waals surface area contributed by atoms with Crippen LogP contribution in [0, 0.1) is 0 Å². The Morgan fingerprint density at radius 1 is 1.47 bits per heavy atom. The van der Waals surface area contributed by atoms with Gasteiger partial charge in [-0.1, -0.05) is 18.3 Å². The van der Waals surface area contributed by atoms with Crippen molar-refractivity contribution in [3.63, 3.8) is 0 Å². The zero-order chi connectivity index (χ0) is 14.3. The van der Waals surface area contributed by atoms with Gasteiger partial charge in [-0.25, -0.2) is 0 Å². The van der Waals surface area contributed by atoms with Gasteiger partial charge < -0.3 is 15.0 Å². The lowest BCUT2D eigenvalue weighted by Gasteiger charge is -2.16. The van der Waals surface area contributed by atoms with Crippen LogP contribution in [0.25, 0.3) is 0 Å². The Kier molecular flexibility index (Phi) is 6.72. The fraction of sp³-hybridized carbons (Fsp3) is 0.750. The van der Waals surface area contributed by atoms with Gasteiger partial charge in [0, 0.05) is 20.1 Å². The van der Waals surface area contributed by atoms with E-state index in [-0.39, 0.29) is 12.0 Å². The van der Waals surface area contributed by atoms with E-state index in [0.717, 1.165) is 13.0 Å². The van der Waals surface area contributed by atoms with Crippen LogP contribution in [0.3, 0.4) is 0 Å². The van der Waals surface area contributed by atoms with Crippen molar-refractivity contribution < 1.29 is 9.53 Å². The molecule has 0 saturated heterocycles. The van der Waals surface area contributed by atoms with Gasteiger partial charge in [0.05, 0.1) is 12.7 Å². The first-order chi connectivity index (χ1) is 9.04. The summed E-state index contributed by atoms with van der Waals surface area (Å²) in [6.45, 7) is 7.92. The number of nitrogens with zero attached hydrogens (tertiary/aromatic N) is 3. The summed E-state index contributed by atoms with van der Waals surface area (Å²) < 4.78 is 5.42. The zero-order valence-corrected chi connectivity index (χ0v) is 12.8. The van der Waals surface area contributed by atoms with Gasteiger partial charge in [-0.15, -0.1) is 10.2 Å². The Morgan fingerprint density at radius 2 is 2.21 bits per heavy atom. The second kappa shape index (κ2) is 8.06. The SMILES string of the molecule is CCCNc1nnc(C(=O)N(C)CCOC(C)C)s1. The Morgan fingerprint density at radius 3 is 2.84 bits per heavy atom. The molecule has 0 bridgehead atoms. The molecule has 0 aliphatic rings. The van der Waals surface area contributed by atoms with Crippen LogP contribution >= 0.6 is 11.3 Å². The van der Waals surface area contributed by atoms with Crippen molar-refractivity contribution in [2.45, 2.75) is 33.3 Å². The monoisotopic (exact) mass is 286 g/mol. The third-order valence-electron chi connectivity index (χ3n) is 2.36. The molecule has 0 saturated carbocycles. The van der Waals surface area contributed by atoms with Gasteiger partial charge in [0.15, 0.2) is 0 Å². The molecule has 0 unspecified atom stereocenters. The molecular weight excluding hydrogens is 264 g/mol. The maximum absolute atomic E-state index is 12.1. The average molecular weight is 286 g/mol. The molecule has 19 heavy (non-hydrogen) atoms. The second-order valence-electron chi connectivity index (χ2n) is 4.49. The molecule has 7 heteroatoms. The Balaban J connectivity index is 2.45. The normalized spacial score (nSPS) is 10.8. The van der Waals surface area contributed by atoms with Crippen LogP contribution in [0.2, 0.25) is 0 Å². The molecule has 1 aromatic heterocycles. The first-order valence-electron chi connectivity index (χ1n) is 6.49. The minimum Gasteiger partial charge on any atom is -0.377 e. The van der Waals surface area contributed by atoms with Crippen molar-refractivity contribution in [3.05, 3.63) is 5.01 Å². The van der Waals surface area contributed by atoms with Crippen molar-refractivity contribution in [1.82, 2.24) is 15.1 Å². The fourth-order valence-electron chi connectivity index (χ4n) is 1.30. The van der Waals surface area contributed by atoms with Crippen molar-refractivity contribution in [1.29, 1.82) is 0 Å². The number of rotatable bonds is 8. The standard InChI is InChI=1S/C12H22N4O2S/c1-5-6-13-12-15-14-10(19-12)11(17)16(4)7-8-18-9(2)3/h9H,5-8H2,1-4H3,(H,13,15). The highest BCUT2D eigenvalue weighted by atomic mass is 32.1. The summed E-state index contributed by atoms with van der Waals surface area (Å²) >= 11 is 1.28. The van der Waals surface area contributed by atoms with E-state index in [1.807, 2.05) is 13.8 Å². The van der Waals surface area contributed by atoms with Crippen LogP contribution in [0.4, 0.5) is 5.13 Å². The van der Waals surface area contributed by atoms with Crippen LogP contribution in [0.15, 0.2) is 0 Å². The number of anilines is 1. The Hall–Kier alpha value is -1.21. The van der Waals surface area contributed by atoms with Crippen LogP contribution in [0.1, 0.15) is 37.0 Å². The van der Waals surface area contributed by atoms with E-state index >= 15 is 0 Å².